The third-order valence-electron chi connectivity index (χ3n) is 5.23. The summed E-state index contributed by atoms with van der Waals surface area (Å²) >= 11 is 0. The number of hydrogen-bond donors (Lipinski definition) is 1. The van der Waals surface area contributed by atoms with E-state index in [9.17, 15) is 9.59 Å². The molecule has 27 heavy (non-hydrogen) atoms. The molecule has 0 spiro atoms. The number of rotatable bonds is 3. The Hall–Kier alpha value is -3.02. The monoisotopic (exact) mass is 365 g/mol. The Labute approximate surface area is 158 Å². The number of ether oxygens (including phenoxy) is 1. The molecule has 0 radical (unpaired) electrons. The van der Waals surface area contributed by atoms with E-state index in [1.165, 1.54) is 11.1 Å². The number of carbonyl (C=O) groups excluding carboxylic acids is 2. The smallest absolute Gasteiger partial charge is 0.414 e. The molecule has 1 unspecified atom stereocenters. The fourth-order valence-electron chi connectivity index (χ4n) is 3.87. The summed E-state index contributed by atoms with van der Waals surface area (Å²) < 4.78 is 4.99. The van der Waals surface area contributed by atoms with E-state index in [-0.39, 0.29) is 18.2 Å². The number of nitrogens with zero attached hydrogens (tertiary/aromatic N) is 2. The first-order valence-electron chi connectivity index (χ1n) is 9.31. The highest BCUT2D eigenvalue weighted by molar-refractivity contribution is 5.93. The zero-order valence-electron chi connectivity index (χ0n) is 15.4. The number of nitrogens with one attached hydrogen (secondary N) is 1. The molecular weight excluding hydrogens is 342 g/mol. The number of amides is 3. The molecule has 0 saturated carbocycles. The van der Waals surface area contributed by atoms with E-state index in [1.54, 1.807) is 4.90 Å². The summed E-state index contributed by atoms with van der Waals surface area (Å²) in [6, 6.07) is 15.5. The van der Waals surface area contributed by atoms with Crippen molar-refractivity contribution in [2.24, 2.45) is 0 Å². The minimum absolute atomic E-state index is 0.0999. The standard InChI is InChI=1S/C21H23N3O3/c1-15-6-2-3-9-18(15)19-10-5-11-24(19)20(25)22-16-7-4-8-17(14-16)23-12-13-27-21(23)26/h2-4,6-9,14,19H,5,10-13H2,1H3,(H,22,25). The zero-order valence-corrected chi connectivity index (χ0v) is 15.4. The number of urea groups is 1. The molecule has 2 fully saturated rings. The van der Waals surface area contributed by atoms with Gasteiger partial charge in [-0.15, -0.1) is 0 Å². The lowest BCUT2D eigenvalue weighted by molar-refractivity contribution is 0.181. The normalized spacial score (nSPS) is 19.3. The van der Waals surface area contributed by atoms with Crippen LogP contribution >= 0.6 is 0 Å². The van der Waals surface area contributed by atoms with Crippen molar-refractivity contribution in [3.63, 3.8) is 0 Å². The van der Waals surface area contributed by atoms with Gasteiger partial charge in [0.05, 0.1) is 12.6 Å². The van der Waals surface area contributed by atoms with E-state index in [2.05, 4.69) is 24.4 Å². The quantitative estimate of drug-likeness (QED) is 0.881. The van der Waals surface area contributed by atoms with E-state index in [0.29, 0.717) is 18.8 Å². The van der Waals surface area contributed by atoms with Crippen LogP contribution in [0.1, 0.15) is 30.0 Å². The van der Waals surface area contributed by atoms with Crippen LogP contribution < -0.4 is 10.2 Å². The molecule has 0 aromatic heterocycles. The molecule has 2 aliphatic rings. The van der Waals surface area contributed by atoms with Crippen LogP contribution in [0.3, 0.4) is 0 Å². The maximum atomic E-state index is 12.9. The number of carbonyl (C=O) groups is 2. The number of hydrogen-bond acceptors (Lipinski definition) is 3. The van der Waals surface area contributed by atoms with Crippen molar-refractivity contribution in [2.75, 3.05) is 29.9 Å². The van der Waals surface area contributed by atoms with Crippen LogP contribution in [0.15, 0.2) is 48.5 Å². The van der Waals surface area contributed by atoms with Gasteiger partial charge >= 0.3 is 12.1 Å². The molecule has 2 saturated heterocycles. The van der Waals surface area contributed by atoms with Crippen LogP contribution in [-0.2, 0) is 4.74 Å². The van der Waals surface area contributed by atoms with Gasteiger partial charge < -0.3 is 15.0 Å². The van der Waals surface area contributed by atoms with Crippen molar-refractivity contribution in [3.05, 3.63) is 59.7 Å². The van der Waals surface area contributed by atoms with Crippen LogP contribution in [0, 0.1) is 6.92 Å². The predicted molar refractivity (Wildman–Crippen MR) is 104 cm³/mol. The number of likely N-dealkylation sites (tertiary alicyclic amines) is 1. The summed E-state index contributed by atoms with van der Waals surface area (Å²) in [4.78, 5) is 28.1. The zero-order chi connectivity index (χ0) is 18.8. The number of cyclic esters (lactones) is 1. The molecular formula is C21H23N3O3. The second-order valence-electron chi connectivity index (χ2n) is 6.95. The van der Waals surface area contributed by atoms with Crippen LogP contribution in [-0.4, -0.2) is 36.7 Å². The molecule has 6 nitrogen and oxygen atoms in total. The minimum Gasteiger partial charge on any atom is -0.447 e. The van der Waals surface area contributed by atoms with Crippen LogP contribution in [0.5, 0.6) is 0 Å². The molecule has 2 aromatic carbocycles. The number of benzene rings is 2. The summed E-state index contributed by atoms with van der Waals surface area (Å²) in [7, 11) is 0. The molecule has 1 atom stereocenters. The van der Waals surface area contributed by atoms with Crippen molar-refractivity contribution in [1.29, 1.82) is 0 Å². The molecule has 6 heteroatoms. The maximum absolute atomic E-state index is 12.9. The maximum Gasteiger partial charge on any atom is 0.414 e. The molecule has 140 valence electrons. The second kappa shape index (κ2) is 7.31. The Bertz CT molecular complexity index is 867. The first-order valence-corrected chi connectivity index (χ1v) is 9.31. The lowest BCUT2D eigenvalue weighted by atomic mass is 9.99. The lowest BCUT2D eigenvalue weighted by Crippen LogP contribution is -2.34. The summed E-state index contributed by atoms with van der Waals surface area (Å²) in [5.74, 6) is 0. The third kappa shape index (κ3) is 3.47. The molecule has 3 amide bonds. The second-order valence-corrected chi connectivity index (χ2v) is 6.95. The van der Waals surface area contributed by atoms with Crippen molar-refractivity contribution < 1.29 is 14.3 Å². The Kier molecular flexibility index (Phi) is 4.71. The first kappa shape index (κ1) is 17.4. The van der Waals surface area contributed by atoms with Gasteiger partial charge in [0.1, 0.15) is 6.61 Å². The van der Waals surface area contributed by atoms with E-state index in [0.717, 1.165) is 25.1 Å². The fraction of sp³-hybridized carbons (Fsp3) is 0.333. The number of aryl methyl sites for hydroxylation is 1. The molecule has 0 bridgehead atoms. The van der Waals surface area contributed by atoms with Gasteiger partial charge in [-0.3, -0.25) is 4.90 Å². The van der Waals surface area contributed by atoms with E-state index in [1.807, 2.05) is 41.3 Å². The topological polar surface area (TPSA) is 61.9 Å². The van der Waals surface area contributed by atoms with Crippen LogP contribution in [0.4, 0.5) is 21.0 Å². The molecule has 2 heterocycles. The van der Waals surface area contributed by atoms with Crippen molar-refractivity contribution >= 4 is 23.5 Å². The van der Waals surface area contributed by atoms with Crippen molar-refractivity contribution in [3.8, 4) is 0 Å². The van der Waals surface area contributed by atoms with E-state index >= 15 is 0 Å². The Morgan fingerprint density at radius 1 is 1.15 bits per heavy atom. The highest BCUT2D eigenvalue weighted by Gasteiger charge is 2.31. The van der Waals surface area contributed by atoms with Crippen molar-refractivity contribution in [2.45, 2.75) is 25.8 Å². The van der Waals surface area contributed by atoms with Gasteiger partial charge in [0.15, 0.2) is 0 Å². The molecule has 4 rings (SSSR count). The van der Waals surface area contributed by atoms with Gasteiger partial charge in [-0.2, -0.15) is 0 Å². The summed E-state index contributed by atoms with van der Waals surface area (Å²) in [6.07, 6.45) is 1.61. The molecule has 0 aliphatic carbocycles. The molecule has 2 aliphatic heterocycles. The van der Waals surface area contributed by atoms with Crippen LogP contribution in [0.25, 0.3) is 0 Å². The number of anilines is 2. The minimum atomic E-state index is -0.349. The lowest BCUT2D eigenvalue weighted by Gasteiger charge is -2.26. The summed E-state index contributed by atoms with van der Waals surface area (Å²) in [6.45, 7) is 3.74. The molecule has 2 aromatic rings. The highest BCUT2D eigenvalue weighted by atomic mass is 16.6. The largest absolute Gasteiger partial charge is 0.447 e. The van der Waals surface area contributed by atoms with Gasteiger partial charge in [0.2, 0.25) is 0 Å². The van der Waals surface area contributed by atoms with Crippen molar-refractivity contribution in [1.82, 2.24) is 4.90 Å². The first-order chi connectivity index (χ1) is 13.1. The van der Waals surface area contributed by atoms with Gasteiger partial charge in [-0.25, -0.2) is 9.59 Å². The fourth-order valence-corrected chi connectivity index (χ4v) is 3.87. The highest BCUT2D eigenvalue weighted by Crippen LogP contribution is 2.34. The van der Waals surface area contributed by atoms with Crippen LogP contribution in [0.2, 0.25) is 0 Å². The summed E-state index contributed by atoms with van der Waals surface area (Å²) in [5, 5.41) is 2.99. The Morgan fingerprint density at radius 3 is 2.78 bits per heavy atom. The average molecular weight is 365 g/mol. The van der Waals surface area contributed by atoms with Gasteiger partial charge in [0, 0.05) is 17.9 Å². The van der Waals surface area contributed by atoms with Gasteiger partial charge in [0.25, 0.3) is 0 Å². The van der Waals surface area contributed by atoms with Gasteiger partial charge in [-0.1, -0.05) is 30.3 Å². The third-order valence-corrected chi connectivity index (χ3v) is 5.23. The SMILES string of the molecule is Cc1ccccc1C1CCCN1C(=O)Nc1cccc(N2CCOC2=O)c1. The summed E-state index contributed by atoms with van der Waals surface area (Å²) in [5.41, 5.74) is 3.82. The van der Waals surface area contributed by atoms with Gasteiger partial charge in [-0.05, 0) is 49.1 Å². The van der Waals surface area contributed by atoms with E-state index < -0.39 is 0 Å². The Balaban J connectivity index is 1.50. The average Bonchev–Trinajstić information content (AvgIpc) is 3.31. The molecule has 1 N–H and O–H groups in total. The van der Waals surface area contributed by atoms with E-state index in [4.69, 9.17) is 4.74 Å². The Morgan fingerprint density at radius 2 is 2.00 bits per heavy atom. The predicted octanol–water partition coefficient (Wildman–Crippen LogP) is 4.32.